The molecule has 0 aliphatic carbocycles. The molecule has 0 aromatic carbocycles. The molecule has 0 saturated carbocycles. The summed E-state index contributed by atoms with van der Waals surface area (Å²) >= 11 is 0. The van der Waals surface area contributed by atoms with Crippen LogP contribution in [0.4, 0.5) is 0 Å². The fourth-order valence-electron chi connectivity index (χ4n) is 0.848. The molecule has 1 heterocycles. The average Bonchev–Trinajstić information content (AvgIpc) is 2.14. The maximum Gasteiger partial charge on any atom is 0.0768 e. The molecule has 3 nitrogen and oxygen atoms in total. The summed E-state index contributed by atoms with van der Waals surface area (Å²) in [6.07, 6.45) is 4.55. The van der Waals surface area contributed by atoms with Crippen LogP contribution in [0.1, 0.15) is 12.1 Å². The molecule has 0 unspecified atom stereocenters. The van der Waals surface area contributed by atoms with E-state index >= 15 is 0 Å². The Morgan fingerprint density at radius 1 is 1.58 bits per heavy atom. The van der Waals surface area contributed by atoms with E-state index in [2.05, 4.69) is 22.1 Å². The number of nitrogens with one attached hydrogen (secondary N) is 1. The first-order valence-corrected chi connectivity index (χ1v) is 4.01. The Bertz CT molecular complexity index is 220. The fourth-order valence-corrected chi connectivity index (χ4v) is 0.848. The Labute approximate surface area is 72.5 Å². The molecule has 12 heavy (non-hydrogen) atoms. The molecular weight excluding hydrogens is 150 g/mol. The Morgan fingerprint density at radius 2 is 2.50 bits per heavy atom. The van der Waals surface area contributed by atoms with E-state index < -0.39 is 0 Å². The summed E-state index contributed by atoms with van der Waals surface area (Å²) in [5.74, 6) is 0. The van der Waals surface area contributed by atoms with Crippen LogP contribution < -0.4 is 5.32 Å². The molecule has 0 atom stereocenters. The van der Waals surface area contributed by atoms with E-state index in [1.165, 1.54) is 0 Å². The first-order valence-electron chi connectivity index (χ1n) is 4.01. The summed E-state index contributed by atoms with van der Waals surface area (Å²) in [6.45, 7) is 5.36. The Morgan fingerprint density at radius 3 is 3.17 bits per heavy atom. The van der Waals surface area contributed by atoms with Gasteiger partial charge in [-0.05, 0) is 25.1 Å². The van der Waals surface area contributed by atoms with E-state index in [-0.39, 0.29) is 0 Å². The lowest BCUT2D eigenvalue weighted by molar-refractivity contribution is 0.673. The third-order valence-corrected chi connectivity index (χ3v) is 1.46. The lowest BCUT2D eigenvalue weighted by Gasteiger charge is -1.99. The van der Waals surface area contributed by atoms with Crippen LogP contribution in [-0.2, 0) is 6.54 Å². The van der Waals surface area contributed by atoms with Crippen molar-refractivity contribution in [2.24, 2.45) is 0 Å². The highest BCUT2D eigenvalue weighted by Crippen LogP contribution is 1.89. The van der Waals surface area contributed by atoms with Gasteiger partial charge in [0.05, 0.1) is 5.69 Å². The second kappa shape index (κ2) is 5.43. The van der Waals surface area contributed by atoms with Crippen LogP contribution in [0.25, 0.3) is 0 Å². The molecule has 1 rings (SSSR count). The van der Waals surface area contributed by atoms with Crippen molar-refractivity contribution in [3.05, 3.63) is 36.7 Å². The highest BCUT2D eigenvalue weighted by Gasteiger charge is 1.90. The van der Waals surface area contributed by atoms with E-state index in [4.69, 9.17) is 0 Å². The van der Waals surface area contributed by atoms with Crippen molar-refractivity contribution in [1.82, 2.24) is 15.5 Å². The largest absolute Gasteiger partial charge is 0.311 e. The second-order valence-electron chi connectivity index (χ2n) is 2.47. The summed E-state index contributed by atoms with van der Waals surface area (Å²) in [4.78, 5) is 0. The first kappa shape index (κ1) is 8.87. The van der Waals surface area contributed by atoms with Gasteiger partial charge in [-0.25, -0.2) is 0 Å². The van der Waals surface area contributed by atoms with E-state index in [1.807, 2.05) is 18.2 Å². The summed E-state index contributed by atoms with van der Waals surface area (Å²) in [7, 11) is 0. The van der Waals surface area contributed by atoms with Gasteiger partial charge in [0.2, 0.25) is 0 Å². The maximum absolute atomic E-state index is 3.94. The molecule has 0 spiro atoms. The molecule has 3 heteroatoms. The SMILES string of the molecule is C=CCCNCc1cccnn1. The molecule has 0 aliphatic heterocycles. The van der Waals surface area contributed by atoms with Gasteiger partial charge in [0, 0.05) is 12.7 Å². The molecule has 0 fully saturated rings. The molecule has 1 N–H and O–H groups in total. The minimum atomic E-state index is 0.779. The molecule has 0 aliphatic rings. The topological polar surface area (TPSA) is 37.8 Å². The highest BCUT2D eigenvalue weighted by atomic mass is 15.1. The van der Waals surface area contributed by atoms with Gasteiger partial charge in [-0.3, -0.25) is 0 Å². The molecule has 1 aromatic rings. The summed E-state index contributed by atoms with van der Waals surface area (Å²) in [5.41, 5.74) is 0.974. The van der Waals surface area contributed by atoms with Crippen LogP contribution in [0.2, 0.25) is 0 Å². The smallest absolute Gasteiger partial charge is 0.0768 e. The fraction of sp³-hybridized carbons (Fsp3) is 0.333. The van der Waals surface area contributed by atoms with Gasteiger partial charge >= 0.3 is 0 Å². The lowest BCUT2D eigenvalue weighted by atomic mass is 10.3. The zero-order valence-corrected chi connectivity index (χ0v) is 7.03. The quantitative estimate of drug-likeness (QED) is 0.522. The van der Waals surface area contributed by atoms with Crippen LogP contribution in [0.15, 0.2) is 31.0 Å². The van der Waals surface area contributed by atoms with Crippen molar-refractivity contribution in [3.8, 4) is 0 Å². The molecule has 0 bridgehead atoms. The Kier molecular flexibility index (Phi) is 4.02. The van der Waals surface area contributed by atoms with Gasteiger partial charge < -0.3 is 5.32 Å². The lowest BCUT2D eigenvalue weighted by Crippen LogP contribution is -2.15. The van der Waals surface area contributed by atoms with Crippen LogP contribution in [0.3, 0.4) is 0 Å². The first-order chi connectivity index (χ1) is 5.93. The van der Waals surface area contributed by atoms with Gasteiger partial charge in [0.25, 0.3) is 0 Å². The number of hydrogen-bond donors (Lipinski definition) is 1. The number of hydrogen-bond acceptors (Lipinski definition) is 3. The van der Waals surface area contributed by atoms with E-state index in [0.29, 0.717) is 0 Å². The molecular formula is C9H13N3. The van der Waals surface area contributed by atoms with E-state index in [1.54, 1.807) is 6.20 Å². The molecule has 0 amide bonds. The third-order valence-electron chi connectivity index (χ3n) is 1.46. The standard InChI is InChI=1S/C9H13N3/c1-2-3-6-10-8-9-5-4-7-11-12-9/h2,4-5,7,10H,1,3,6,8H2. The normalized spacial score (nSPS) is 9.67. The van der Waals surface area contributed by atoms with Gasteiger partial charge in [-0.2, -0.15) is 10.2 Å². The van der Waals surface area contributed by atoms with Crippen molar-refractivity contribution in [1.29, 1.82) is 0 Å². The minimum absolute atomic E-state index is 0.779. The zero-order chi connectivity index (χ0) is 8.65. The van der Waals surface area contributed by atoms with E-state index in [9.17, 15) is 0 Å². The predicted octanol–water partition coefficient (Wildman–Crippen LogP) is 1.14. The van der Waals surface area contributed by atoms with Gasteiger partial charge in [-0.15, -0.1) is 6.58 Å². The average molecular weight is 163 g/mol. The van der Waals surface area contributed by atoms with Crippen LogP contribution >= 0.6 is 0 Å². The van der Waals surface area contributed by atoms with Gasteiger partial charge in [-0.1, -0.05) is 6.08 Å². The summed E-state index contributed by atoms with van der Waals surface area (Å²) in [6, 6.07) is 3.84. The number of aromatic nitrogens is 2. The Hall–Kier alpha value is -1.22. The van der Waals surface area contributed by atoms with Crippen LogP contribution in [0.5, 0.6) is 0 Å². The van der Waals surface area contributed by atoms with Crippen molar-refractivity contribution >= 4 is 0 Å². The van der Waals surface area contributed by atoms with Crippen molar-refractivity contribution in [2.75, 3.05) is 6.54 Å². The third kappa shape index (κ3) is 3.25. The minimum Gasteiger partial charge on any atom is -0.311 e. The highest BCUT2D eigenvalue weighted by molar-refractivity contribution is 4.98. The van der Waals surface area contributed by atoms with Crippen molar-refractivity contribution in [3.63, 3.8) is 0 Å². The van der Waals surface area contributed by atoms with Crippen molar-refractivity contribution < 1.29 is 0 Å². The second-order valence-corrected chi connectivity index (χ2v) is 2.47. The zero-order valence-electron chi connectivity index (χ0n) is 7.03. The molecule has 0 saturated heterocycles. The van der Waals surface area contributed by atoms with Crippen LogP contribution in [-0.4, -0.2) is 16.7 Å². The number of nitrogens with zero attached hydrogens (tertiary/aromatic N) is 2. The molecule has 64 valence electrons. The number of rotatable bonds is 5. The Balaban J connectivity index is 2.20. The molecule has 0 radical (unpaired) electrons. The van der Waals surface area contributed by atoms with Gasteiger partial charge in [0.1, 0.15) is 0 Å². The molecule has 1 aromatic heterocycles. The summed E-state index contributed by atoms with van der Waals surface area (Å²) in [5, 5.41) is 10.9. The van der Waals surface area contributed by atoms with Gasteiger partial charge in [0.15, 0.2) is 0 Å². The predicted molar refractivity (Wildman–Crippen MR) is 48.6 cm³/mol. The van der Waals surface area contributed by atoms with E-state index in [0.717, 1.165) is 25.2 Å². The van der Waals surface area contributed by atoms with Crippen LogP contribution in [0, 0.1) is 0 Å². The van der Waals surface area contributed by atoms with Crippen molar-refractivity contribution in [2.45, 2.75) is 13.0 Å². The monoisotopic (exact) mass is 163 g/mol. The summed E-state index contributed by atoms with van der Waals surface area (Å²) < 4.78 is 0. The maximum atomic E-state index is 3.94.